The number of rotatable bonds is 3. The van der Waals surface area contributed by atoms with Crippen LogP contribution in [0.4, 0.5) is 0 Å². The van der Waals surface area contributed by atoms with Gasteiger partial charge in [-0.15, -0.1) is 0 Å². The van der Waals surface area contributed by atoms with Crippen molar-refractivity contribution in [2.24, 2.45) is 0 Å². The molecule has 4 rings (SSSR count). The van der Waals surface area contributed by atoms with E-state index in [0.717, 1.165) is 10.9 Å². The van der Waals surface area contributed by atoms with Crippen LogP contribution in [0.1, 0.15) is 23.7 Å². The topological polar surface area (TPSA) is 48.4 Å². The van der Waals surface area contributed by atoms with Crippen molar-refractivity contribution in [2.75, 3.05) is 7.11 Å². The number of benzene rings is 2. The number of halogens is 3. The van der Waals surface area contributed by atoms with Gasteiger partial charge < -0.3 is 9.47 Å². The van der Waals surface area contributed by atoms with Gasteiger partial charge in [-0.3, -0.25) is 0 Å². The Morgan fingerprint density at radius 3 is 2.71 bits per heavy atom. The minimum atomic E-state index is -0.416. The quantitative estimate of drug-likeness (QED) is 0.277. The molecule has 1 unspecified atom stereocenters. The lowest BCUT2D eigenvalue weighted by atomic mass is 10.0. The molecule has 1 aliphatic rings. The van der Waals surface area contributed by atoms with Crippen LogP contribution in [0.2, 0.25) is 15.2 Å². The number of fused-ring (bicyclic) bond motifs is 1. The number of carbonyl (C=O) groups excluding carboxylic acids is 1. The van der Waals surface area contributed by atoms with Crippen LogP contribution in [0.3, 0.4) is 0 Å². The Morgan fingerprint density at radius 1 is 1.14 bits per heavy atom. The van der Waals surface area contributed by atoms with Gasteiger partial charge >= 0.3 is 5.97 Å². The number of esters is 1. The molecule has 1 atom stereocenters. The van der Waals surface area contributed by atoms with Gasteiger partial charge in [0.15, 0.2) is 0 Å². The molecule has 1 aliphatic heterocycles. The second-order valence-corrected chi connectivity index (χ2v) is 7.51. The molecular formula is C21H14Cl3NO3. The monoisotopic (exact) mass is 433 g/mol. The Balaban J connectivity index is 1.68. The minimum Gasteiger partial charge on any atom is -0.494 e. The molecule has 4 nitrogen and oxygen atoms in total. The van der Waals surface area contributed by atoms with E-state index in [1.54, 1.807) is 31.4 Å². The highest BCUT2D eigenvalue weighted by Crippen LogP contribution is 2.37. The van der Waals surface area contributed by atoms with E-state index in [-0.39, 0.29) is 5.15 Å². The summed E-state index contributed by atoms with van der Waals surface area (Å²) in [5.74, 6) is 0.247. The molecule has 2 aromatic carbocycles. The summed E-state index contributed by atoms with van der Waals surface area (Å²) in [7, 11) is 1.58. The van der Waals surface area contributed by atoms with E-state index in [2.05, 4.69) is 4.98 Å². The van der Waals surface area contributed by atoms with Crippen LogP contribution in [0.25, 0.3) is 17.0 Å². The van der Waals surface area contributed by atoms with Crippen LogP contribution in [-0.4, -0.2) is 18.1 Å². The van der Waals surface area contributed by atoms with Gasteiger partial charge in [-0.25, -0.2) is 9.78 Å². The van der Waals surface area contributed by atoms with Crippen LogP contribution >= 0.6 is 34.8 Å². The number of methoxy groups -OCH3 is 1. The number of nitrogens with zero attached hydrogens (tertiary/aromatic N) is 1. The third-order valence-corrected chi connectivity index (χ3v) is 5.61. The summed E-state index contributed by atoms with van der Waals surface area (Å²) < 4.78 is 10.8. The lowest BCUT2D eigenvalue weighted by Crippen LogP contribution is -1.99. The summed E-state index contributed by atoms with van der Waals surface area (Å²) in [5, 5.41) is 2.02. The van der Waals surface area contributed by atoms with Gasteiger partial charge in [0.2, 0.25) is 0 Å². The number of hydrogen-bond acceptors (Lipinski definition) is 4. The van der Waals surface area contributed by atoms with Crippen molar-refractivity contribution < 1.29 is 14.3 Å². The molecule has 0 aliphatic carbocycles. The molecule has 142 valence electrons. The summed E-state index contributed by atoms with van der Waals surface area (Å²) >= 11 is 18.4. The molecule has 1 saturated heterocycles. The standard InChI is InChI=1S/C21H14Cl3NO3/c1-27-17-4-2-3-12-7-13(20(24)25-19(12)17)8-14-10-18(28-21(14)26)11-5-6-15(22)16(23)9-11/h2-9,18H,10H2,1H3/b14-8-. The van der Waals surface area contributed by atoms with Crippen LogP contribution in [0.15, 0.2) is 48.0 Å². The predicted molar refractivity (Wildman–Crippen MR) is 111 cm³/mol. The summed E-state index contributed by atoms with van der Waals surface area (Å²) in [6, 6.07) is 12.7. The first-order chi connectivity index (χ1) is 13.5. The maximum absolute atomic E-state index is 12.4. The number of ether oxygens (including phenoxy) is 2. The highest BCUT2D eigenvalue weighted by molar-refractivity contribution is 6.42. The minimum absolute atomic E-state index is 0.287. The van der Waals surface area contributed by atoms with Crippen LogP contribution in [0, 0.1) is 0 Å². The maximum Gasteiger partial charge on any atom is 0.334 e. The summed E-state index contributed by atoms with van der Waals surface area (Å²) in [6.45, 7) is 0. The number of hydrogen-bond donors (Lipinski definition) is 0. The smallest absolute Gasteiger partial charge is 0.334 e. The van der Waals surface area contributed by atoms with Crippen LogP contribution in [0.5, 0.6) is 5.75 Å². The Labute approximate surface area is 176 Å². The molecule has 0 spiro atoms. The number of para-hydroxylation sites is 1. The molecule has 1 aromatic heterocycles. The zero-order valence-electron chi connectivity index (χ0n) is 14.7. The van der Waals surface area contributed by atoms with E-state index >= 15 is 0 Å². The van der Waals surface area contributed by atoms with E-state index in [1.165, 1.54) is 0 Å². The van der Waals surface area contributed by atoms with Gasteiger partial charge in [0.1, 0.15) is 22.5 Å². The molecule has 0 amide bonds. The largest absolute Gasteiger partial charge is 0.494 e. The van der Waals surface area contributed by atoms with Gasteiger partial charge in [0, 0.05) is 22.9 Å². The van der Waals surface area contributed by atoms with Gasteiger partial charge in [0.25, 0.3) is 0 Å². The lowest BCUT2D eigenvalue weighted by molar-refractivity contribution is -0.139. The Kier molecular flexibility index (Phi) is 5.19. The van der Waals surface area contributed by atoms with E-state index in [1.807, 2.05) is 24.3 Å². The van der Waals surface area contributed by atoms with Gasteiger partial charge in [-0.1, -0.05) is 53.0 Å². The second kappa shape index (κ2) is 7.63. The van der Waals surface area contributed by atoms with E-state index in [4.69, 9.17) is 44.3 Å². The molecule has 1 fully saturated rings. The molecular weight excluding hydrogens is 421 g/mol. The van der Waals surface area contributed by atoms with Crippen LogP contribution in [-0.2, 0) is 9.53 Å². The van der Waals surface area contributed by atoms with Gasteiger partial charge in [-0.2, -0.15) is 0 Å². The van der Waals surface area contributed by atoms with E-state index in [0.29, 0.717) is 38.9 Å². The van der Waals surface area contributed by atoms with Crippen molar-refractivity contribution in [1.82, 2.24) is 4.98 Å². The zero-order chi connectivity index (χ0) is 19.8. The van der Waals surface area contributed by atoms with Crippen molar-refractivity contribution in [3.8, 4) is 5.75 Å². The van der Waals surface area contributed by atoms with Crippen molar-refractivity contribution in [1.29, 1.82) is 0 Å². The third kappa shape index (κ3) is 3.55. The van der Waals surface area contributed by atoms with Crippen molar-refractivity contribution in [3.05, 3.63) is 74.4 Å². The number of carbonyl (C=O) groups is 1. The second-order valence-electron chi connectivity index (χ2n) is 6.34. The Bertz CT molecular complexity index is 1130. The summed E-state index contributed by atoms with van der Waals surface area (Å²) in [6.07, 6.45) is 1.71. The summed E-state index contributed by atoms with van der Waals surface area (Å²) in [5.41, 5.74) is 2.62. The first-order valence-electron chi connectivity index (χ1n) is 8.46. The normalized spacial score (nSPS) is 17.9. The highest BCUT2D eigenvalue weighted by atomic mass is 35.5. The highest BCUT2D eigenvalue weighted by Gasteiger charge is 2.30. The molecule has 28 heavy (non-hydrogen) atoms. The molecule has 7 heteroatoms. The van der Waals surface area contributed by atoms with E-state index < -0.39 is 12.1 Å². The number of aromatic nitrogens is 1. The predicted octanol–water partition coefficient (Wildman–Crippen LogP) is 6.28. The molecule has 0 saturated carbocycles. The van der Waals surface area contributed by atoms with E-state index in [9.17, 15) is 4.79 Å². The van der Waals surface area contributed by atoms with Gasteiger partial charge in [-0.05, 0) is 35.9 Å². The molecule has 3 aromatic rings. The maximum atomic E-state index is 12.4. The number of cyclic esters (lactones) is 1. The fraction of sp³-hybridized carbons (Fsp3) is 0.143. The Hall–Kier alpha value is -2.27. The first kappa shape index (κ1) is 19.1. The van der Waals surface area contributed by atoms with Crippen molar-refractivity contribution >= 4 is 57.8 Å². The summed E-state index contributed by atoms with van der Waals surface area (Å²) in [4.78, 5) is 16.8. The average molecular weight is 435 g/mol. The average Bonchev–Trinajstić information content (AvgIpc) is 3.04. The van der Waals surface area contributed by atoms with Crippen molar-refractivity contribution in [3.63, 3.8) is 0 Å². The molecule has 0 radical (unpaired) electrons. The molecule has 0 bridgehead atoms. The fourth-order valence-corrected chi connectivity index (χ4v) is 3.67. The molecule has 0 N–H and O–H groups in total. The lowest BCUT2D eigenvalue weighted by Gasteiger charge is -2.09. The first-order valence-corrected chi connectivity index (χ1v) is 9.59. The molecule has 2 heterocycles. The fourth-order valence-electron chi connectivity index (χ4n) is 3.16. The Morgan fingerprint density at radius 2 is 1.96 bits per heavy atom. The van der Waals surface area contributed by atoms with Crippen molar-refractivity contribution in [2.45, 2.75) is 12.5 Å². The zero-order valence-corrected chi connectivity index (χ0v) is 17.0. The third-order valence-electron chi connectivity index (χ3n) is 4.57. The van der Waals surface area contributed by atoms with Gasteiger partial charge in [0.05, 0.1) is 17.2 Å². The SMILES string of the molecule is COc1cccc2cc(/C=C3/CC(c4ccc(Cl)c(Cl)c4)OC3=O)c(Cl)nc12. The number of pyridine rings is 1. The van der Waals surface area contributed by atoms with Crippen LogP contribution < -0.4 is 4.74 Å².